The van der Waals surface area contributed by atoms with E-state index in [4.69, 9.17) is 14.2 Å². The molecule has 2 aromatic heterocycles. The number of ketones is 1. The lowest BCUT2D eigenvalue weighted by atomic mass is 10.1. The van der Waals surface area contributed by atoms with Crippen molar-refractivity contribution in [3.05, 3.63) is 59.4 Å². The Labute approximate surface area is 171 Å². The molecular weight excluding hydrogens is 392 g/mol. The summed E-state index contributed by atoms with van der Waals surface area (Å²) in [5.74, 6) is 0.341. The lowest BCUT2D eigenvalue weighted by Crippen LogP contribution is -2.16. The van der Waals surface area contributed by atoms with Crippen molar-refractivity contribution in [2.45, 2.75) is 12.8 Å². The number of ether oxygens (including phenoxy) is 3. The van der Waals surface area contributed by atoms with Gasteiger partial charge >= 0.3 is 5.97 Å². The van der Waals surface area contributed by atoms with Crippen molar-refractivity contribution >= 4 is 23.1 Å². The van der Waals surface area contributed by atoms with Crippen LogP contribution in [-0.2, 0) is 16.0 Å². The number of benzene rings is 1. The molecule has 3 heterocycles. The summed E-state index contributed by atoms with van der Waals surface area (Å²) in [6, 6.07) is 8.70. The molecule has 1 aliphatic heterocycles. The molecule has 7 nitrogen and oxygen atoms in total. The molecule has 1 aromatic carbocycles. The van der Waals surface area contributed by atoms with Crippen LogP contribution >= 0.6 is 11.3 Å². The van der Waals surface area contributed by atoms with Crippen LogP contribution < -0.4 is 9.47 Å². The molecule has 0 bridgehead atoms. The zero-order valence-corrected chi connectivity index (χ0v) is 16.3. The third kappa shape index (κ3) is 4.78. The quantitative estimate of drug-likeness (QED) is 0.455. The minimum atomic E-state index is -0.504. The molecule has 1 aliphatic rings. The zero-order chi connectivity index (χ0) is 20.1. The Bertz CT molecular complexity index is 1020. The van der Waals surface area contributed by atoms with E-state index in [1.165, 1.54) is 11.3 Å². The third-order valence-corrected chi connectivity index (χ3v) is 5.16. The SMILES string of the molecule is O=C(Cc1csc(-c2cccnc2)n1)OCC(=O)c1ccc2c(c1)OCCCO2. The highest BCUT2D eigenvalue weighted by molar-refractivity contribution is 7.13. The molecule has 0 aliphatic carbocycles. The van der Waals surface area contributed by atoms with E-state index >= 15 is 0 Å². The van der Waals surface area contributed by atoms with Crippen LogP contribution in [0, 0.1) is 0 Å². The summed E-state index contributed by atoms with van der Waals surface area (Å²) in [6.07, 6.45) is 4.20. The fraction of sp³-hybridized carbons (Fsp3) is 0.238. The third-order valence-electron chi connectivity index (χ3n) is 4.22. The van der Waals surface area contributed by atoms with Gasteiger partial charge in [-0.3, -0.25) is 14.6 Å². The molecule has 0 N–H and O–H groups in total. The van der Waals surface area contributed by atoms with Gasteiger partial charge in [-0.15, -0.1) is 11.3 Å². The number of aromatic nitrogens is 2. The molecule has 0 saturated carbocycles. The molecule has 3 aromatic rings. The largest absolute Gasteiger partial charge is 0.490 e. The van der Waals surface area contributed by atoms with Gasteiger partial charge in [0.2, 0.25) is 0 Å². The number of hydrogen-bond acceptors (Lipinski definition) is 8. The van der Waals surface area contributed by atoms with Gasteiger partial charge in [-0.1, -0.05) is 0 Å². The predicted molar refractivity (Wildman–Crippen MR) is 106 cm³/mol. The van der Waals surface area contributed by atoms with E-state index in [0.29, 0.717) is 36.0 Å². The first-order chi connectivity index (χ1) is 14.2. The molecule has 0 radical (unpaired) electrons. The highest BCUT2D eigenvalue weighted by atomic mass is 32.1. The van der Waals surface area contributed by atoms with Crippen molar-refractivity contribution in [3.8, 4) is 22.1 Å². The molecular formula is C21H18N2O5S. The summed E-state index contributed by atoms with van der Waals surface area (Å²) < 4.78 is 16.3. The van der Waals surface area contributed by atoms with E-state index in [9.17, 15) is 9.59 Å². The second kappa shape index (κ2) is 8.83. The molecule has 0 spiro atoms. The molecule has 0 amide bonds. The Morgan fingerprint density at radius 2 is 2.00 bits per heavy atom. The maximum absolute atomic E-state index is 12.4. The van der Waals surface area contributed by atoms with E-state index < -0.39 is 5.97 Å². The second-order valence-electron chi connectivity index (χ2n) is 6.36. The topological polar surface area (TPSA) is 87.6 Å². The van der Waals surface area contributed by atoms with E-state index in [0.717, 1.165) is 17.0 Å². The highest BCUT2D eigenvalue weighted by Crippen LogP contribution is 2.30. The Balaban J connectivity index is 1.32. The van der Waals surface area contributed by atoms with Gasteiger partial charge in [0.05, 0.1) is 25.3 Å². The van der Waals surface area contributed by atoms with Gasteiger partial charge in [0.15, 0.2) is 23.9 Å². The normalized spacial score (nSPS) is 12.8. The van der Waals surface area contributed by atoms with Crippen LogP contribution in [0.3, 0.4) is 0 Å². The van der Waals surface area contributed by atoms with Crippen LogP contribution in [0.5, 0.6) is 11.5 Å². The van der Waals surface area contributed by atoms with Gasteiger partial charge in [0.1, 0.15) is 5.01 Å². The second-order valence-corrected chi connectivity index (χ2v) is 7.22. The number of thiazole rings is 1. The standard InChI is InChI=1S/C21H18N2O5S/c24-17(14-4-5-18-19(9-14)27-8-2-7-26-18)12-28-20(25)10-16-13-29-21(23-16)15-3-1-6-22-11-15/h1,3-6,9,11,13H,2,7-8,10,12H2. The summed E-state index contributed by atoms with van der Waals surface area (Å²) in [6.45, 7) is 0.781. The summed E-state index contributed by atoms with van der Waals surface area (Å²) in [5, 5.41) is 2.58. The van der Waals surface area contributed by atoms with E-state index in [1.54, 1.807) is 36.0 Å². The monoisotopic (exact) mass is 410 g/mol. The summed E-state index contributed by atoms with van der Waals surface area (Å²) in [5.41, 5.74) is 1.90. The molecule has 4 rings (SSSR count). The predicted octanol–water partition coefficient (Wildman–Crippen LogP) is 3.34. The van der Waals surface area contributed by atoms with E-state index in [-0.39, 0.29) is 18.8 Å². The first-order valence-electron chi connectivity index (χ1n) is 9.12. The number of hydrogen-bond donors (Lipinski definition) is 0. The van der Waals surface area contributed by atoms with Crippen molar-refractivity contribution in [2.75, 3.05) is 19.8 Å². The maximum Gasteiger partial charge on any atom is 0.312 e. The Kier molecular flexibility index (Phi) is 5.81. The number of carbonyl (C=O) groups excluding carboxylic acids is 2. The minimum Gasteiger partial charge on any atom is -0.490 e. The highest BCUT2D eigenvalue weighted by Gasteiger charge is 2.16. The Hall–Kier alpha value is -3.26. The van der Waals surface area contributed by atoms with Gasteiger partial charge in [0, 0.05) is 35.3 Å². The number of esters is 1. The molecule has 0 unspecified atom stereocenters. The smallest absolute Gasteiger partial charge is 0.312 e. The average molecular weight is 410 g/mol. The van der Waals surface area contributed by atoms with Crippen LogP contribution in [0.2, 0.25) is 0 Å². The van der Waals surface area contributed by atoms with Crippen molar-refractivity contribution in [3.63, 3.8) is 0 Å². The minimum absolute atomic E-state index is 0.00514. The average Bonchev–Trinajstić information content (AvgIpc) is 3.08. The zero-order valence-electron chi connectivity index (χ0n) is 15.5. The van der Waals surface area contributed by atoms with Crippen molar-refractivity contribution in [2.24, 2.45) is 0 Å². The first-order valence-corrected chi connectivity index (χ1v) is 10.0. The molecule has 8 heteroatoms. The number of Topliss-reactive ketones (excluding diaryl/α,β-unsaturated/α-hetero) is 1. The number of fused-ring (bicyclic) bond motifs is 1. The van der Waals surface area contributed by atoms with Crippen molar-refractivity contribution < 1.29 is 23.8 Å². The molecule has 0 saturated heterocycles. The van der Waals surface area contributed by atoms with Crippen LogP contribution in [0.15, 0.2) is 48.1 Å². The van der Waals surface area contributed by atoms with Gasteiger partial charge < -0.3 is 14.2 Å². The summed E-state index contributed by atoms with van der Waals surface area (Å²) in [7, 11) is 0. The van der Waals surface area contributed by atoms with Gasteiger partial charge in [-0.2, -0.15) is 0 Å². The van der Waals surface area contributed by atoms with Crippen molar-refractivity contribution in [1.82, 2.24) is 9.97 Å². The first kappa shape index (κ1) is 19.1. The Morgan fingerprint density at radius 1 is 1.14 bits per heavy atom. The molecule has 29 heavy (non-hydrogen) atoms. The van der Waals surface area contributed by atoms with E-state index in [2.05, 4.69) is 9.97 Å². The fourth-order valence-electron chi connectivity index (χ4n) is 2.78. The van der Waals surface area contributed by atoms with Crippen LogP contribution in [0.1, 0.15) is 22.5 Å². The maximum atomic E-state index is 12.4. The van der Waals surface area contributed by atoms with Crippen LogP contribution in [0.4, 0.5) is 0 Å². The summed E-state index contributed by atoms with van der Waals surface area (Å²) >= 11 is 1.43. The summed E-state index contributed by atoms with van der Waals surface area (Å²) in [4.78, 5) is 33.0. The van der Waals surface area contributed by atoms with Crippen molar-refractivity contribution in [1.29, 1.82) is 0 Å². The molecule has 148 valence electrons. The van der Waals surface area contributed by atoms with E-state index in [1.807, 2.05) is 12.1 Å². The van der Waals surface area contributed by atoms with Gasteiger partial charge in [-0.05, 0) is 30.3 Å². The lowest BCUT2D eigenvalue weighted by Gasteiger charge is -2.09. The Morgan fingerprint density at radius 3 is 2.83 bits per heavy atom. The molecule has 0 atom stereocenters. The fourth-order valence-corrected chi connectivity index (χ4v) is 3.59. The van der Waals surface area contributed by atoms with Gasteiger partial charge in [-0.25, -0.2) is 4.98 Å². The molecule has 0 fully saturated rings. The number of carbonyl (C=O) groups is 2. The number of rotatable bonds is 6. The van der Waals surface area contributed by atoms with Crippen LogP contribution in [-0.4, -0.2) is 41.5 Å². The number of pyridine rings is 1. The number of nitrogens with zero attached hydrogens (tertiary/aromatic N) is 2. The lowest BCUT2D eigenvalue weighted by molar-refractivity contribution is -0.141. The van der Waals surface area contributed by atoms with Crippen LogP contribution in [0.25, 0.3) is 10.6 Å². The van der Waals surface area contributed by atoms with Gasteiger partial charge in [0.25, 0.3) is 0 Å².